The van der Waals surface area contributed by atoms with Gasteiger partial charge < -0.3 is 5.73 Å². The molecule has 0 fully saturated rings. The number of rotatable bonds is 3. The molecule has 0 aliphatic heterocycles. The average molecular weight is 283 g/mol. The van der Waals surface area contributed by atoms with Crippen LogP contribution >= 0.6 is 28.1 Å². The Balaban J connectivity index is 2.76. The molecule has 0 aromatic heterocycles. The van der Waals surface area contributed by atoms with E-state index in [1.807, 2.05) is 24.3 Å². The minimum Gasteiger partial charge on any atom is -0.387 e. The molecule has 0 aliphatic carbocycles. The number of hydrogen-bond acceptors (Lipinski definition) is 4. The second-order valence-electron chi connectivity index (χ2n) is 2.56. The third-order valence-electron chi connectivity index (χ3n) is 1.48. The maximum absolute atomic E-state index is 8.62. The molecule has 0 heterocycles. The lowest BCUT2D eigenvalue weighted by Crippen LogP contribution is -2.20. The molecular formula is C9H7BrN4S. The largest absolute Gasteiger partial charge is 0.387 e. The predicted octanol–water partition coefficient (Wildman–Crippen LogP) is 2.03. The summed E-state index contributed by atoms with van der Waals surface area (Å²) >= 11 is 7.93. The highest BCUT2D eigenvalue weighted by Crippen LogP contribution is 2.13. The topological polar surface area (TPSA) is 74.2 Å². The number of nitriles is 1. The van der Waals surface area contributed by atoms with E-state index < -0.39 is 0 Å². The Morgan fingerprint density at radius 1 is 1.47 bits per heavy atom. The van der Waals surface area contributed by atoms with Crippen LogP contribution in [0.1, 0.15) is 0 Å². The van der Waals surface area contributed by atoms with Crippen molar-refractivity contribution in [1.29, 1.82) is 5.26 Å². The van der Waals surface area contributed by atoms with Crippen molar-refractivity contribution in [2.24, 2.45) is 10.8 Å². The lowest BCUT2D eigenvalue weighted by molar-refractivity contribution is 1.34. The van der Waals surface area contributed by atoms with Crippen molar-refractivity contribution in [3.05, 3.63) is 28.7 Å². The van der Waals surface area contributed by atoms with Crippen LogP contribution in [-0.2, 0) is 0 Å². The number of nitrogens with zero attached hydrogens (tertiary/aromatic N) is 2. The van der Waals surface area contributed by atoms with E-state index in [9.17, 15) is 0 Å². The maximum Gasteiger partial charge on any atom is 0.194 e. The fraction of sp³-hybridized carbons (Fsp3) is 0. The van der Waals surface area contributed by atoms with Gasteiger partial charge in [-0.05, 0) is 24.3 Å². The Morgan fingerprint density at radius 3 is 2.53 bits per heavy atom. The third kappa shape index (κ3) is 3.65. The molecule has 1 aromatic carbocycles. The number of anilines is 1. The number of nitrogens with two attached hydrogens (primary N) is 1. The summed E-state index contributed by atoms with van der Waals surface area (Å²) in [7, 11) is 0. The van der Waals surface area contributed by atoms with Crippen LogP contribution in [0.3, 0.4) is 0 Å². The molecule has 0 atom stereocenters. The van der Waals surface area contributed by atoms with Crippen LogP contribution in [0.5, 0.6) is 0 Å². The zero-order valence-corrected chi connectivity index (χ0v) is 9.97. The lowest BCUT2D eigenvalue weighted by atomic mass is 10.3. The van der Waals surface area contributed by atoms with Gasteiger partial charge in [-0.15, -0.1) is 0 Å². The first-order chi connectivity index (χ1) is 7.13. The van der Waals surface area contributed by atoms with Crippen LogP contribution < -0.4 is 11.2 Å². The van der Waals surface area contributed by atoms with Gasteiger partial charge in [-0.3, -0.25) is 5.43 Å². The van der Waals surface area contributed by atoms with Gasteiger partial charge in [-0.2, -0.15) is 10.4 Å². The van der Waals surface area contributed by atoms with Crippen molar-refractivity contribution in [2.45, 2.75) is 0 Å². The standard InChI is InChI=1S/C9H7BrN4S/c10-6-1-3-7(4-2-6)13-14-8(5-11)9(12)15/h1-4,13H,(H2,12,15)/b14-8+. The first-order valence-corrected chi connectivity index (χ1v) is 5.13. The van der Waals surface area contributed by atoms with E-state index in [4.69, 9.17) is 11.0 Å². The number of halogens is 1. The average Bonchev–Trinajstić information content (AvgIpc) is 2.21. The SMILES string of the molecule is N#C/C(=N\Nc1ccc(Br)cc1)C(N)=S. The van der Waals surface area contributed by atoms with Crippen molar-refractivity contribution in [3.63, 3.8) is 0 Å². The molecule has 0 radical (unpaired) electrons. The summed E-state index contributed by atoms with van der Waals surface area (Å²) < 4.78 is 0.965. The normalized spacial score (nSPS) is 10.5. The summed E-state index contributed by atoms with van der Waals surface area (Å²) in [5.41, 5.74) is 8.71. The maximum atomic E-state index is 8.62. The van der Waals surface area contributed by atoms with Crippen molar-refractivity contribution in [2.75, 3.05) is 5.43 Å². The molecule has 0 unspecified atom stereocenters. The van der Waals surface area contributed by atoms with Crippen LogP contribution in [0.25, 0.3) is 0 Å². The molecule has 0 saturated heterocycles. The van der Waals surface area contributed by atoms with E-state index in [0.717, 1.165) is 10.2 Å². The van der Waals surface area contributed by atoms with Gasteiger partial charge in [0.05, 0.1) is 5.69 Å². The van der Waals surface area contributed by atoms with Crippen molar-refractivity contribution < 1.29 is 0 Å². The molecule has 6 heteroatoms. The zero-order valence-electron chi connectivity index (χ0n) is 7.57. The molecule has 0 aliphatic rings. The summed E-state index contributed by atoms with van der Waals surface area (Å²) in [6.45, 7) is 0. The summed E-state index contributed by atoms with van der Waals surface area (Å²) in [6.07, 6.45) is 0. The van der Waals surface area contributed by atoms with E-state index in [-0.39, 0.29) is 10.7 Å². The number of thiocarbonyl (C=S) groups is 1. The van der Waals surface area contributed by atoms with Gasteiger partial charge in [0.25, 0.3) is 0 Å². The molecule has 0 bridgehead atoms. The molecule has 4 nitrogen and oxygen atoms in total. The molecule has 0 spiro atoms. The molecule has 3 N–H and O–H groups in total. The van der Waals surface area contributed by atoms with Gasteiger partial charge in [0.2, 0.25) is 0 Å². The minimum atomic E-state index is -0.0258. The highest BCUT2D eigenvalue weighted by Gasteiger charge is 2.00. The fourth-order valence-corrected chi connectivity index (χ4v) is 1.14. The minimum absolute atomic E-state index is 0.00733. The first-order valence-electron chi connectivity index (χ1n) is 3.92. The van der Waals surface area contributed by atoms with E-state index in [0.29, 0.717) is 0 Å². The Hall–Kier alpha value is -1.45. The Bertz CT molecular complexity index is 432. The van der Waals surface area contributed by atoms with Gasteiger partial charge in [0.1, 0.15) is 11.1 Å². The molecular weight excluding hydrogens is 276 g/mol. The highest BCUT2D eigenvalue weighted by atomic mass is 79.9. The third-order valence-corrected chi connectivity index (χ3v) is 2.20. The molecule has 15 heavy (non-hydrogen) atoms. The number of hydrogen-bond donors (Lipinski definition) is 2. The summed E-state index contributed by atoms with van der Waals surface area (Å²) in [5, 5.41) is 12.4. The first kappa shape index (κ1) is 11.6. The lowest BCUT2D eigenvalue weighted by Gasteiger charge is -2.00. The predicted molar refractivity (Wildman–Crippen MR) is 67.6 cm³/mol. The van der Waals surface area contributed by atoms with Crippen molar-refractivity contribution in [1.82, 2.24) is 0 Å². The van der Waals surface area contributed by atoms with Crippen molar-refractivity contribution in [3.8, 4) is 6.07 Å². The number of benzene rings is 1. The van der Waals surface area contributed by atoms with Gasteiger partial charge in [0, 0.05) is 4.47 Å². The second kappa shape index (κ2) is 5.44. The summed E-state index contributed by atoms with van der Waals surface area (Å²) in [5.74, 6) is 0. The molecule has 76 valence electrons. The van der Waals surface area contributed by atoms with E-state index in [1.54, 1.807) is 6.07 Å². The summed E-state index contributed by atoms with van der Waals surface area (Å²) in [6, 6.07) is 9.11. The molecule has 1 aromatic rings. The van der Waals surface area contributed by atoms with Gasteiger partial charge in [-0.25, -0.2) is 0 Å². The van der Waals surface area contributed by atoms with E-state index >= 15 is 0 Å². The van der Waals surface area contributed by atoms with Gasteiger partial charge >= 0.3 is 0 Å². The van der Waals surface area contributed by atoms with Gasteiger partial charge in [0.15, 0.2) is 5.71 Å². The van der Waals surface area contributed by atoms with E-state index in [2.05, 4.69) is 38.7 Å². The highest BCUT2D eigenvalue weighted by molar-refractivity contribution is 9.10. The quantitative estimate of drug-likeness (QED) is 0.505. The van der Waals surface area contributed by atoms with Crippen LogP contribution in [-0.4, -0.2) is 10.7 Å². The molecule has 1 rings (SSSR count). The van der Waals surface area contributed by atoms with Crippen LogP contribution in [0.15, 0.2) is 33.8 Å². The van der Waals surface area contributed by atoms with Gasteiger partial charge in [-0.1, -0.05) is 28.1 Å². The molecule has 0 saturated carbocycles. The van der Waals surface area contributed by atoms with Crippen LogP contribution in [0, 0.1) is 11.3 Å². The number of nitrogens with one attached hydrogen (secondary N) is 1. The Morgan fingerprint density at radius 2 is 2.07 bits per heavy atom. The van der Waals surface area contributed by atoms with Crippen molar-refractivity contribution >= 4 is 44.5 Å². The number of hydrazone groups is 1. The van der Waals surface area contributed by atoms with Crippen LogP contribution in [0.2, 0.25) is 0 Å². The second-order valence-corrected chi connectivity index (χ2v) is 3.91. The fourth-order valence-electron chi connectivity index (χ4n) is 0.780. The zero-order chi connectivity index (χ0) is 11.3. The Kier molecular flexibility index (Phi) is 4.21. The Labute approximate surface area is 101 Å². The summed E-state index contributed by atoms with van der Waals surface area (Å²) in [4.78, 5) is -0.0258. The van der Waals surface area contributed by atoms with E-state index in [1.165, 1.54) is 0 Å². The molecule has 0 amide bonds. The smallest absolute Gasteiger partial charge is 0.194 e. The monoisotopic (exact) mass is 282 g/mol. The van der Waals surface area contributed by atoms with Crippen LogP contribution in [0.4, 0.5) is 5.69 Å².